The highest BCUT2D eigenvalue weighted by atomic mass is 32.2. The first-order valence-electron chi connectivity index (χ1n) is 4.01. The molecule has 0 unspecified atom stereocenters. The normalized spacial score (nSPS) is 17.1. The van der Waals surface area contributed by atoms with Crippen LogP contribution in [0.1, 0.15) is 20.3 Å². The third-order valence-electron chi connectivity index (χ3n) is 1.99. The molecule has 0 aromatic rings. The predicted octanol–water partition coefficient (Wildman–Crippen LogP) is 2.00. The van der Waals surface area contributed by atoms with E-state index in [4.69, 9.17) is 4.74 Å². The van der Waals surface area contributed by atoms with Crippen LogP contribution in [0.15, 0.2) is 11.8 Å². The average molecular weight is 186 g/mol. The summed E-state index contributed by atoms with van der Waals surface area (Å²) in [5.74, 6) is 0.654. The van der Waals surface area contributed by atoms with Crippen molar-refractivity contribution in [3.05, 3.63) is 11.8 Å². The fourth-order valence-electron chi connectivity index (χ4n) is 0.965. The quantitative estimate of drug-likeness (QED) is 0.674. The molecule has 0 aromatic heterocycles. The topological polar surface area (TPSA) is 26.3 Å². The highest BCUT2D eigenvalue weighted by molar-refractivity contribution is 8.00. The van der Waals surface area contributed by atoms with Gasteiger partial charge in [0.2, 0.25) is 5.78 Å². The van der Waals surface area contributed by atoms with Gasteiger partial charge in [-0.25, -0.2) is 0 Å². The zero-order valence-electron chi connectivity index (χ0n) is 7.72. The van der Waals surface area contributed by atoms with Crippen LogP contribution >= 0.6 is 11.8 Å². The summed E-state index contributed by atoms with van der Waals surface area (Å²) in [5.41, 5.74) is 0. The SMILES string of the molecule is CSC(C)(C)C(=O)C1=CCCO1. The number of allylic oxidation sites excluding steroid dienone is 1. The molecule has 1 rings (SSSR count). The summed E-state index contributed by atoms with van der Waals surface area (Å²) in [6.07, 6.45) is 4.68. The number of ether oxygens (including phenoxy) is 1. The monoisotopic (exact) mass is 186 g/mol. The summed E-state index contributed by atoms with van der Waals surface area (Å²) >= 11 is 1.55. The van der Waals surface area contributed by atoms with Crippen molar-refractivity contribution in [2.75, 3.05) is 12.9 Å². The lowest BCUT2D eigenvalue weighted by molar-refractivity contribution is -0.120. The Labute approximate surface area is 77.4 Å². The Balaban J connectivity index is 2.70. The van der Waals surface area contributed by atoms with E-state index < -0.39 is 0 Å². The molecule has 0 radical (unpaired) electrons. The van der Waals surface area contributed by atoms with Gasteiger partial charge < -0.3 is 4.74 Å². The van der Waals surface area contributed by atoms with E-state index in [0.717, 1.165) is 6.42 Å². The summed E-state index contributed by atoms with van der Waals surface area (Å²) in [6.45, 7) is 4.50. The van der Waals surface area contributed by atoms with Crippen molar-refractivity contribution in [3.8, 4) is 0 Å². The molecule has 2 nitrogen and oxygen atoms in total. The van der Waals surface area contributed by atoms with Crippen molar-refractivity contribution in [2.45, 2.75) is 25.0 Å². The van der Waals surface area contributed by atoms with Crippen LogP contribution in [0, 0.1) is 0 Å². The Hall–Kier alpha value is -0.440. The smallest absolute Gasteiger partial charge is 0.212 e. The van der Waals surface area contributed by atoms with Gasteiger partial charge in [-0.1, -0.05) is 0 Å². The van der Waals surface area contributed by atoms with Crippen molar-refractivity contribution in [3.63, 3.8) is 0 Å². The summed E-state index contributed by atoms with van der Waals surface area (Å²) in [5, 5.41) is 0. The molecule has 3 heteroatoms. The molecule has 0 N–H and O–H groups in total. The minimum Gasteiger partial charge on any atom is -0.490 e. The second kappa shape index (κ2) is 3.52. The van der Waals surface area contributed by atoms with Crippen LogP contribution in [-0.4, -0.2) is 23.4 Å². The third-order valence-corrected chi connectivity index (χ3v) is 3.19. The molecule has 0 bridgehead atoms. The zero-order chi connectivity index (χ0) is 9.19. The van der Waals surface area contributed by atoms with E-state index in [1.807, 2.05) is 26.2 Å². The molecular formula is C9H14O2S. The lowest BCUT2D eigenvalue weighted by Crippen LogP contribution is -2.29. The minimum absolute atomic E-state index is 0.104. The minimum atomic E-state index is -0.351. The van der Waals surface area contributed by atoms with E-state index in [-0.39, 0.29) is 10.5 Å². The molecule has 0 atom stereocenters. The Morgan fingerprint density at radius 3 is 2.75 bits per heavy atom. The first-order valence-corrected chi connectivity index (χ1v) is 5.23. The van der Waals surface area contributed by atoms with Gasteiger partial charge in [0.05, 0.1) is 11.4 Å². The van der Waals surface area contributed by atoms with E-state index in [1.165, 1.54) is 0 Å². The van der Waals surface area contributed by atoms with Crippen molar-refractivity contribution in [1.82, 2.24) is 0 Å². The van der Waals surface area contributed by atoms with Crippen LogP contribution in [0.25, 0.3) is 0 Å². The Bertz CT molecular complexity index is 219. The van der Waals surface area contributed by atoms with Crippen LogP contribution in [0.4, 0.5) is 0 Å². The molecule has 0 amide bonds. The standard InChI is InChI=1S/C9H14O2S/c1-9(2,12-3)8(10)7-5-4-6-11-7/h5H,4,6H2,1-3H3. The lowest BCUT2D eigenvalue weighted by atomic mass is 10.1. The zero-order valence-corrected chi connectivity index (χ0v) is 8.53. The fraction of sp³-hybridized carbons (Fsp3) is 0.667. The number of carbonyl (C=O) groups is 1. The Morgan fingerprint density at radius 1 is 1.67 bits per heavy atom. The molecule has 0 aromatic carbocycles. The van der Waals surface area contributed by atoms with Gasteiger partial charge in [-0.05, 0) is 26.2 Å². The Morgan fingerprint density at radius 2 is 2.33 bits per heavy atom. The number of hydrogen-bond acceptors (Lipinski definition) is 3. The highest BCUT2D eigenvalue weighted by Gasteiger charge is 2.31. The molecule has 68 valence electrons. The van der Waals surface area contributed by atoms with Gasteiger partial charge in [-0.15, -0.1) is 0 Å². The highest BCUT2D eigenvalue weighted by Crippen LogP contribution is 2.27. The number of hydrogen-bond donors (Lipinski definition) is 0. The van der Waals surface area contributed by atoms with Gasteiger partial charge in [0.25, 0.3) is 0 Å². The molecule has 1 aliphatic rings. The Kier molecular flexibility index (Phi) is 2.83. The second-order valence-electron chi connectivity index (χ2n) is 3.25. The van der Waals surface area contributed by atoms with Gasteiger partial charge in [-0.3, -0.25) is 4.79 Å². The maximum Gasteiger partial charge on any atom is 0.212 e. The number of Topliss-reactive ketones (excluding diaryl/α,β-unsaturated/α-hetero) is 1. The molecule has 1 heterocycles. The predicted molar refractivity (Wildman–Crippen MR) is 51.3 cm³/mol. The molecule has 0 fully saturated rings. The first-order chi connectivity index (χ1) is 5.58. The van der Waals surface area contributed by atoms with Gasteiger partial charge >= 0.3 is 0 Å². The van der Waals surface area contributed by atoms with Gasteiger partial charge in [-0.2, -0.15) is 11.8 Å². The maximum atomic E-state index is 11.7. The molecule has 12 heavy (non-hydrogen) atoms. The van der Waals surface area contributed by atoms with Crippen LogP contribution in [0.2, 0.25) is 0 Å². The largest absolute Gasteiger partial charge is 0.490 e. The number of thioether (sulfide) groups is 1. The summed E-state index contributed by atoms with van der Waals surface area (Å²) < 4.78 is 4.85. The van der Waals surface area contributed by atoms with Crippen molar-refractivity contribution >= 4 is 17.5 Å². The van der Waals surface area contributed by atoms with E-state index in [2.05, 4.69) is 0 Å². The third kappa shape index (κ3) is 1.83. The van der Waals surface area contributed by atoms with Gasteiger partial charge in [0.1, 0.15) is 0 Å². The van der Waals surface area contributed by atoms with Crippen LogP contribution in [-0.2, 0) is 9.53 Å². The van der Waals surface area contributed by atoms with Crippen LogP contribution in [0.3, 0.4) is 0 Å². The van der Waals surface area contributed by atoms with Gasteiger partial charge in [0, 0.05) is 6.42 Å². The molecule has 0 saturated carbocycles. The van der Waals surface area contributed by atoms with E-state index in [9.17, 15) is 4.79 Å². The van der Waals surface area contributed by atoms with Crippen LogP contribution < -0.4 is 0 Å². The lowest BCUT2D eigenvalue weighted by Gasteiger charge is -2.20. The van der Waals surface area contributed by atoms with E-state index in [1.54, 1.807) is 11.8 Å². The molecular weight excluding hydrogens is 172 g/mol. The van der Waals surface area contributed by atoms with Crippen molar-refractivity contribution < 1.29 is 9.53 Å². The van der Waals surface area contributed by atoms with Gasteiger partial charge in [0.15, 0.2) is 5.76 Å². The van der Waals surface area contributed by atoms with E-state index >= 15 is 0 Å². The average Bonchev–Trinajstić information content (AvgIpc) is 2.55. The molecule has 0 spiro atoms. The number of rotatable bonds is 3. The maximum absolute atomic E-state index is 11.7. The van der Waals surface area contributed by atoms with E-state index in [0.29, 0.717) is 12.4 Å². The summed E-state index contributed by atoms with van der Waals surface area (Å²) in [7, 11) is 0. The number of carbonyl (C=O) groups excluding carboxylic acids is 1. The second-order valence-corrected chi connectivity index (χ2v) is 4.68. The molecule has 1 aliphatic heterocycles. The number of ketones is 1. The molecule has 0 aliphatic carbocycles. The van der Waals surface area contributed by atoms with Crippen molar-refractivity contribution in [2.24, 2.45) is 0 Å². The first kappa shape index (κ1) is 9.65. The molecule has 0 saturated heterocycles. The summed E-state index contributed by atoms with van der Waals surface area (Å²) in [6, 6.07) is 0. The fourth-order valence-corrected chi connectivity index (χ4v) is 1.25. The summed E-state index contributed by atoms with van der Waals surface area (Å²) in [4.78, 5) is 11.7. The van der Waals surface area contributed by atoms with Crippen LogP contribution in [0.5, 0.6) is 0 Å². The van der Waals surface area contributed by atoms with Crippen molar-refractivity contribution in [1.29, 1.82) is 0 Å².